The maximum atomic E-state index is 12.6. The van der Waals surface area contributed by atoms with Crippen LogP contribution in [0.1, 0.15) is 58.3 Å². The van der Waals surface area contributed by atoms with Crippen molar-refractivity contribution in [2.75, 3.05) is 0 Å². The zero-order valence-electron chi connectivity index (χ0n) is 9.60. The van der Waals surface area contributed by atoms with Gasteiger partial charge < -0.3 is 5.73 Å². The lowest BCUT2D eigenvalue weighted by atomic mass is 10.1. The van der Waals surface area contributed by atoms with Crippen LogP contribution < -0.4 is 5.73 Å². The predicted molar refractivity (Wildman–Crippen MR) is 61.0 cm³/mol. The summed E-state index contributed by atoms with van der Waals surface area (Å²) in [5.74, 6) is -1.76. The van der Waals surface area contributed by atoms with E-state index in [4.69, 9.17) is 5.73 Å². The molecule has 0 unspecified atom stereocenters. The van der Waals surface area contributed by atoms with Crippen molar-refractivity contribution in [3.05, 3.63) is 11.9 Å². The molecule has 2 nitrogen and oxygen atoms in total. The maximum absolute atomic E-state index is 12.6. The summed E-state index contributed by atoms with van der Waals surface area (Å²) in [7, 11) is 0. The molecule has 0 aromatic rings. The number of unbranched alkanes of at least 4 members (excludes halogenated alkanes) is 7. The Balaban J connectivity index is 3.25. The molecule has 0 bridgehead atoms. The molecule has 0 saturated carbocycles. The van der Waals surface area contributed by atoms with E-state index in [0.29, 0.717) is 6.42 Å². The molecule has 0 saturated heterocycles. The fourth-order valence-corrected chi connectivity index (χ4v) is 1.43. The summed E-state index contributed by atoms with van der Waals surface area (Å²) in [5, 5.41) is 0. The molecular weight excluding hydrogens is 193 g/mol. The number of allylic oxidation sites excluding steroid dienone is 1. The standard InChI is InChI=1S/C12H22FNO/c1-2-3-4-5-6-7-8-9-10-11(13)12(14)15/h10H,2-9H2,1H3,(H2,14,15)/b11-10+. The smallest absolute Gasteiger partial charge is 0.277 e. The van der Waals surface area contributed by atoms with E-state index in [0.717, 1.165) is 12.8 Å². The van der Waals surface area contributed by atoms with E-state index in [9.17, 15) is 9.18 Å². The Morgan fingerprint density at radius 2 is 1.67 bits per heavy atom. The Kier molecular flexibility index (Phi) is 9.13. The van der Waals surface area contributed by atoms with Crippen LogP contribution in [0.4, 0.5) is 4.39 Å². The van der Waals surface area contributed by atoms with Gasteiger partial charge in [-0.3, -0.25) is 4.79 Å². The third kappa shape index (κ3) is 9.44. The lowest BCUT2D eigenvalue weighted by Crippen LogP contribution is -2.10. The van der Waals surface area contributed by atoms with Crippen molar-refractivity contribution in [1.82, 2.24) is 0 Å². The summed E-state index contributed by atoms with van der Waals surface area (Å²) in [6, 6.07) is 0. The third-order valence-corrected chi connectivity index (χ3v) is 2.37. The van der Waals surface area contributed by atoms with Gasteiger partial charge in [-0.05, 0) is 18.9 Å². The summed E-state index contributed by atoms with van der Waals surface area (Å²) in [6.07, 6.45) is 10.3. The zero-order valence-corrected chi connectivity index (χ0v) is 9.60. The second-order valence-electron chi connectivity index (χ2n) is 3.83. The van der Waals surface area contributed by atoms with E-state index >= 15 is 0 Å². The minimum Gasteiger partial charge on any atom is -0.364 e. The second-order valence-corrected chi connectivity index (χ2v) is 3.83. The van der Waals surface area contributed by atoms with Crippen LogP contribution in [0.5, 0.6) is 0 Å². The van der Waals surface area contributed by atoms with Gasteiger partial charge in [0.2, 0.25) is 0 Å². The van der Waals surface area contributed by atoms with Gasteiger partial charge in [-0.15, -0.1) is 0 Å². The predicted octanol–water partition coefficient (Wildman–Crippen LogP) is 3.47. The molecule has 88 valence electrons. The van der Waals surface area contributed by atoms with E-state index in [1.54, 1.807) is 0 Å². The molecular formula is C12H22FNO. The Hall–Kier alpha value is -0.860. The number of carbonyl (C=O) groups is 1. The Bertz CT molecular complexity index is 202. The molecule has 0 heterocycles. The molecule has 0 fully saturated rings. The SMILES string of the molecule is CCCCCCCCC/C=C(/F)C(N)=O. The Morgan fingerprint density at radius 3 is 2.20 bits per heavy atom. The first kappa shape index (κ1) is 14.1. The summed E-state index contributed by atoms with van der Waals surface area (Å²) >= 11 is 0. The van der Waals surface area contributed by atoms with Gasteiger partial charge in [0, 0.05) is 0 Å². The first-order chi connectivity index (χ1) is 7.18. The quantitative estimate of drug-likeness (QED) is 0.464. The minimum absolute atomic E-state index is 0.614. The van der Waals surface area contributed by atoms with Crippen molar-refractivity contribution in [1.29, 1.82) is 0 Å². The topological polar surface area (TPSA) is 43.1 Å². The van der Waals surface area contributed by atoms with Gasteiger partial charge in [-0.1, -0.05) is 45.4 Å². The molecule has 0 radical (unpaired) electrons. The molecule has 2 N–H and O–H groups in total. The van der Waals surface area contributed by atoms with Gasteiger partial charge in [0.15, 0.2) is 5.83 Å². The number of halogens is 1. The fraction of sp³-hybridized carbons (Fsp3) is 0.750. The lowest BCUT2D eigenvalue weighted by molar-refractivity contribution is -0.115. The van der Waals surface area contributed by atoms with Crippen LogP contribution in [-0.2, 0) is 4.79 Å². The zero-order chi connectivity index (χ0) is 11.5. The Labute approximate surface area is 91.7 Å². The van der Waals surface area contributed by atoms with Gasteiger partial charge >= 0.3 is 0 Å². The molecule has 0 aliphatic carbocycles. The van der Waals surface area contributed by atoms with Crippen molar-refractivity contribution >= 4 is 5.91 Å². The Morgan fingerprint density at radius 1 is 1.13 bits per heavy atom. The molecule has 0 rings (SSSR count). The van der Waals surface area contributed by atoms with Crippen LogP contribution in [0, 0.1) is 0 Å². The van der Waals surface area contributed by atoms with E-state index in [2.05, 4.69) is 6.92 Å². The van der Waals surface area contributed by atoms with E-state index in [-0.39, 0.29) is 0 Å². The van der Waals surface area contributed by atoms with Crippen LogP contribution in [0.2, 0.25) is 0 Å². The van der Waals surface area contributed by atoms with Crippen LogP contribution in [-0.4, -0.2) is 5.91 Å². The highest BCUT2D eigenvalue weighted by molar-refractivity contribution is 5.89. The summed E-state index contributed by atoms with van der Waals surface area (Å²) in [5.41, 5.74) is 4.75. The third-order valence-electron chi connectivity index (χ3n) is 2.37. The van der Waals surface area contributed by atoms with Gasteiger partial charge in [-0.25, -0.2) is 4.39 Å². The number of rotatable bonds is 9. The molecule has 0 aliphatic rings. The minimum atomic E-state index is -0.960. The highest BCUT2D eigenvalue weighted by atomic mass is 19.1. The first-order valence-electron chi connectivity index (χ1n) is 5.84. The van der Waals surface area contributed by atoms with E-state index < -0.39 is 11.7 Å². The first-order valence-corrected chi connectivity index (χ1v) is 5.84. The molecule has 3 heteroatoms. The summed E-state index contributed by atoms with van der Waals surface area (Å²) in [4.78, 5) is 10.3. The van der Waals surface area contributed by atoms with Crippen molar-refractivity contribution in [3.8, 4) is 0 Å². The van der Waals surface area contributed by atoms with Crippen LogP contribution in [0.15, 0.2) is 11.9 Å². The molecule has 0 spiro atoms. The van der Waals surface area contributed by atoms with Crippen LogP contribution >= 0.6 is 0 Å². The average molecular weight is 215 g/mol. The lowest BCUT2D eigenvalue weighted by Gasteiger charge is -1.98. The van der Waals surface area contributed by atoms with Crippen molar-refractivity contribution < 1.29 is 9.18 Å². The average Bonchev–Trinajstić information content (AvgIpc) is 2.21. The van der Waals surface area contributed by atoms with E-state index in [1.807, 2.05) is 0 Å². The number of primary amides is 1. The van der Waals surface area contributed by atoms with Gasteiger partial charge in [0.05, 0.1) is 0 Å². The number of hydrogen-bond donors (Lipinski definition) is 1. The van der Waals surface area contributed by atoms with Gasteiger partial charge in [-0.2, -0.15) is 0 Å². The molecule has 0 aromatic heterocycles. The monoisotopic (exact) mass is 215 g/mol. The van der Waals surface area contributed by atoms with Gasteiger partial charge in [0.25, 0.3) is 5.91 Å². The number of hydrogen-bond acceptors (Lipinski definition) is 1. The van der Waals surface area contributed by atoms with Crippen LogP contribution in [0.3, 0.4) is 0 Å². The highest BCUT2D eigenvalue weighted by Gasteiger charge is 2.00. The maximum Gasteiger partial charge on any atom is 0.277 e. The van der Waals surface area contributed by atoms with E-state index in [1.165, 1.54) is 38.2 Å². The number of carbonyl (C=O) groups excluding carboxylic acids is 1. The van der Waals surface area contributed by atoms with Gasteiger partial charge in [0.1, 0.15) is 0 Å². The second kappa shape index (κ2) is 9.69. The van der Waals surface area contributed by atoms with Crippen molar-refractivity contribution in [2.24, 2.45) is 5.73 Å². The molecule has 0 atom stereocenters. The molecule has 0 aliphatic heterocycles. The van der Waals surface area contributed by atoms with Crippen molar-refractivity contribution in [3.63, 3.8) is 0 Å². The summed E-state index contributed by atoms with van der Waals surface area (Å²) < 4.78 is 12.6. The largest absolute Gasteiger partial charge is 0.364 e. The van der Waals surface area contributed by atoms with Crippen LogP contribution in [0.25, 0.3) is 0 Å². The number of amides is 1. The fourth-order valence-electron chi connectivity index (χ4n) is 1.43. The normalized spacial score (nSPS) is 11.7. The highest BCUT2D eigenvalue weighted by Crippen LogP contribution is 2.09. The molecule has 15 heavy (non-hydrogen) atoms. The summed E-state index contributed by atoms with van der Waals surface area (Å²) in [6.45, 7) is 2.19. The number of nitrogens with two attached hydrogens (primary N) is 1. The molecule has 0 aromatic carbocycles. The van der Waals surface area contributed by atoms with Crippen molar-refractivity contribution in [2.45, 2.75) is 58.3 Å². The molecule has 1 amide bonds.